The normalized spacial score (nSPS) is 10.9. The number of aryl methyl sites for hydroxylation is 1. The number of halogens is 1. The van der Waals surface area contributed by atoms with Gasteiger partial charge in [0, 0.05) is 46.3 Å². The van der Waals surface area contributed by atoms with E-state index in [1.165, 1.54) is 5.56 Å². The first-order valence-electron chi connectivity index (χ1n) is 10.4. The van der Waals surface area contributed by atoms with E-state index in [1.807, 2.05) is 37.2 Å². The van der Waals surface area contributed by atoms with Crippen molar-refractivity contribution in [2.45, 2.75) is 33.4 Å². The smallest absolute Gasteiger partial charge is 0.191 e. The standard InChI is InChI=1S/C23H35N5O2.HI/c1-6-24-23(26-17-20-9-7-10-22(27-20)28(3)4)25-16-19-12-11-18(2)15-21(19)30-14-8-13-29-5;/h7,9-12,15H,6,8,13-14,16-17H2,1-5H3,(H2,24,25,26);1H. The summed E-state index contributed by atoms with van der Waals surface area (Å²) in [5, 5.41) is 6.66. The van der Waals surface area contributed by atoms with Gasteiger partial charge in [0.2, 0.25) is 0 Å². The molecule has 1 aromatic carbocycles. The molecule has 2 aromatic rings. The molecular formula is C23H36IN5O2. The summed E-state index contributed by atoms with van der Waals surface area (Å²) in [4.78, 5) is 11.4. The molecule has 2 rings (SSSR count). The van der Waals surface area contributed by atoms with Crippen molar-refractivity contribution in [1.82, 2.24) is 15.6 Å². The van der Waals surface area contributed by atoms with Gasteiger partial charge in [-0.15, -0.1) is 24.0 Å². The molecule has 2 N–H and O–H groups in total. The molecule has 0 bridgehead atoms. The summed E-state index contributed by atoms with van der Waals surface area (Å²) in [6.07, 6.45) is 0.857. The van der Waals surface area contributed by atoms with E-state index in [1.54, 1.807) is 7.11 Å². The first-order valence-corrected chi connectivity index (χ1v) is 10.4. The molecule has 0 aliphatic rings. The SMILES string of the molecule is CCNC(=NCc1ccc(C)cc1OCCCOC)NCc1cccc(N(C)C)n1.I. The predicted molar refractivity (Wildman–Crippen MR) is 139 cm³/mol. The Kier molecular flexibility index (Phi) is 12.9. The molecule has 1 aromatic heterocycles. The van der Waals surface area contributed by atoms with Gasteiger partial charge in [0.05, 0.1) is 25.4 Å². The molecule has 7 nitrogen and oxygen atoms in total. The fourth-order valence-corrected chi connectivity index (χ4v) is 2.81. The van der Waals surface area contributed by atoms with Crippen molar-refractivity contribution >= 4 is 35.8 Å². The predicted octanol–water partition coefficient (Wildman–Crippen LogP) is 3.74. The Labute approximate surface area is 203 Å². The second-order valence-corrected chi connectivity index (χ2v) is 7.24. The monoisotopic (exact) mass is 541 g/mol. The zero-order valence-corrected chi connectivity index (χ0v) is 21.6. The highest BCUT2D eigenvalue weighted by Crippen LogP contribution is 2.21. The third-order valence-corrected chi connectivity index (χ3v) is 4.41. The van der Waals surface area contributed by atoms with Crippen molar-refractivity contribution in [3.8, 4) is 5.75 Å². The molecule has 1 heterocycles. The van der Waals surface area contributed by atoms with Crippen molar-refractivity contribution in [3.63, 3.8) is 0 Å². The van der Waals surface area contributed by atoms with E-state index in [4.69, 9.17) is 14.5 Å². The van der Waals surface area contributed by atoms with Crippen LogP contribution in [0.25, 0.3) is 0 Å². The minimum atomic E-state index is 0. The molecule has 0 aliphatic heterocycles. The number of nitrogens with one attached hydrogen (secondary N) is 2. The molecule has 0 aliphatic carbocycles. The fourth-order valence-electron chi connectivity index (χ4n) is 2.81. The Morgan fingerprint density at radius 1 is 1.13 bits per heavy atom. The second kappa shape index (κ2) is 14.9. The van der Waals surface area contributed by atoms with Gasteiger partial charge < -0.3 is 25.0 Å². The number of anilines is 1. The van der Waals surface area contributed by atoms with Crippen LogP contribution < -0.4 is 20.3 Å². The van der Waals surface area contributed by atoms with Crippen molar-refractivity contribution < 1.29 is 9.47 Å². The van der Waals surface area contributed by atoms with Crippen LogP contribution in [0.1, 0.15) is 30.2 Å². The van der Waals surface area contributed by atoms with Gasteiger partial charge in [0.15, 0.2) is 5.96 Å². The lowest BCUT2D eigenvalue weighted by Gasteiger charge is -2.15. The van der Waals surface area contributed by atoms with Crippen molar-refractivity contribution in [1.29, 1.82) is 0 Å². The van der Waals surface area contributed by atoms with Crippen LogP contribution in [0.3, 0.4) is 0 Å². The number of hydrogen-bond donors (Lipinski definition) is 2. The van der Waals surface area contributed by atoms with E-state index in [0.29, 0.717) is 26.3 Å². The zero-order valence-electron chi connectivity index (χ0n) is 19.3. The molecule has 172 valence electrons. The lowest BCUT2D eigenvalue weighted by atomic mass is 10.1. The molecule has 0 saturated carbocycles. The quantitative estimate of drug-likeness (QED) is 0.196. The first kappa shape index (κ1) is 27.0. The Hall–Kier alpha value is -2.07. The molecule has 0 saturated heterocycles. The van der Waals surface area contributed by atoms with E-state index in [2.05, 4.69) is 47.7 Å². The van der Waals surface area contributed by atoms with Crippen molar-refractivity contribution in [2.75, 3.05) is 45.9 Å². The number of rotatable bonds is 11. The van der Waals surface area contributed by atoms with Crippen molar-refractivity contribution in [3.05, 3.63) is 53.2 Å². The molecule has 0 fully saturated rings. The van der Waals surface area contributed by atoms with Gasteiger partial charge >= 0.3 is 0 Å². The van der Waals surface area contributed by atoms with E-state index in [-0.39, 0.29) is 24.0 Å². The number of benzene rings is 1. The molecule has 0 atom stereocenters. The highest BCUT2D eigenvalue weighted by molar-refractivity contribution is 14.0. The minimum Gasteiger partial charge on any atom is -0.493 e. The van der Waals surface area contributed by atoms with Crippen LogP contribution in [0.15, 0.2) is 41.4 Å². The first-order chi connectivity index (χ1) is 14.5. The topological polar surface area (TPSA) is 71.0 Å². The van der Waals surface area contributed by atoms with E-state index >= 15 is 0 Å². The summed E-state index contributed by atoms with van der Waals surface area (Å²) in [5.41, 5.74) is 3.19. The number of guanidine groups is 1. The van der Waals surface area contributed by atoms with Crippen LogP contribution in [0.5, 0.6) is 5.75 Å². The van der Waals surface area contributed by atoms with Crippen LogP contribution in [-0.2, 0) is 17.8 Å². The number of aliphatic imine (C=N–C) groups is 1. The summed E-state index contributed by atoms with van der Waals surface area (Å²) in [6, 6.07) is 12.3. The van der Waals surface area contributed by atoms with Gasteiger partial charge in [-0.2, -0.15) is 0 Å². The fraction of sp³-hybridized carbons (Fsp3) is 0.478. The van der Waals surface area contributed by atoms with Gasteiger partial charge in [-0.25, -0.2) is 9.98 Å². The number of methoxy groups -OCH3 is 1. The maximum absolute atomic E-state index is 5.97. The average Bonchev–Trinajstić information content (AvgIpc) is 2.74. The number of nitrogens with zero attached hydrogens (tertiary/aromatic N) is 3. The minimum absolute atomic E-state index is 0. The average molecular weight is 541 g/mol. The van der Waals surface area contributed by atoms with Crippen LogP contribution in [0, 0.1) is 6.92 Å². The maximum atomic E-state index is 5.97. The Bertz CT molecular complexity index is 814. The van der Waals surface area contributed by atoms with E-state index < -0.39 is 0 Å². The van der Waals surface area contributed by atoms with Crippen molar-refractivity contribution in [2.24, 2.45) is 4.99 Å². The zero-order chi connectivity index (χ0) is 21.8. The molecule has 31 heavy (non-hydrogen) atoms. The Morgan fingerprint density at radius 3 is 2.65 bits per heavy atom. The van der Waals surface area contributed by atoms with Crippen LogP contribution in [0.4, 0.5) is 5.82 Å². The third kappa shape index (κ3) is 9.73. The van der Waals surface area contributed by atoms with Gasteiger partial charge in [-0.05, 0) is 37.6 Å². The van der Waals surface area contributed by atoms with Crippen LogP contribution >= 0.6 is 24.0 Å². The Balaban J connectivity index is 0.00000480. The molecule has 0 spiro atoms. The van der Waals surface area contributed by atoms with Crippen LogP contribution in [0.2, 0.25) is 0 Å². The molecular weight excluding hydrogens is 505 g/mol. The van der Waals surface area contributed by atoms with E-state index in [0.717, 1.165) is 41.7 Å². The summed E-state index contributed by atoms with van der Waals surface area (Å²) in [6.45, 7) is 7.35. The van der Waals surface area contributed by atoms with Gasteiger partial charge in [0.1, 0.15) is 11.6 Å². The van der Waals surface area contributed by atoms with Gasteiger partial charge in [-0.3, -0.25) is 0 Å². The Morgan fingerprint density at radius 2 is 1.94 bits per heavy atom. The number of hydrogen-bond acceptors (Lipinski definition) is 5. The van der Waals surface area contributed by atoms with E-state index in [9.17, 15) is 0 Å². The lowest BCUT2D eigenvalue weighted by Crippen LogP contribution is -2.37. The largest absolute Gasteiger partial charge is 0.493 e. The second-order valence-electron chi connectivity index (χ2n) is 7.24. The molecule has 0 amide bonds. The van der Waals surface area contributed by atoms with Crippen LogP contribution in [-0.4, -0.2) is 51.9 Å². The summed E-state index contributed by atoms with van der Waals surface area (Å²) in [7, 11) is 5.68. The summed E-state index contributed by atoms with van der Waals surface area (Å²) >= 11 is 0. The molecule has 0 unspecified atom stereocenters. The summed E-state index contributed by atoms with van der Waals surface area (Å²) < 4.78 is 11.1. The van der Waals surface area contributed by atoms with Gasteiger partial charge in [0.25, 0.3) is 0 Å². The molecule has 0 radical (unpaired) electrons. The highest BCUT2D eigenvalue weighted by Gasteiger charge is 2.06. The third-order valence-electron chi connectivity index (χ3n) is 4.41. The number of ether oxygens (including phenoxy) is 2. The van der Waals surface area contributed by atoms with Gasteiger partial charge in [-0.1, -0.05) is 18.2 Å². The lowest BCUT2D eigenvalue weighted by molar-refractivity contribution is 0.172. The summed E-state index contributed by atoms with van der Waals surface area (Å²) in [5.74, 6) is 2.57. The highest BCUT2D eigenvalue weighted by atomic mass is 127. The maximum Gasteiger partial charge on any atom is 0.191 e. The number of pyridine rings is 1. The number of aromatic nitrogens is 1. The molecule has 8 heteroatoms.